The van der Waals surface area contributed by atoms with E-state index in [4.69, 9.17) is 37.8 Å². The number of halogens is 2. The molecule has 2 aromatic carbocycles. The minimum Gasteiger partial charge on any atom is -0.494 e. The molecule has 0 bridgehead atoms. The number of carbonyl (C=O) groups excluding carboxylic acids is 2. The first-order valence-electron chi connectivity index (χ1n) is 12.9. The van der Waals surface area contributed by atoms with Crippen molar-refractivity contribution in [2.24, 2.45) is 0 Å². The Hall–Kier alpha value is -2.72. The molecule has 2 aliphatic rings. The van der Waals surface area contributed by atoms with Gasteiger partial charge in [0.2, 0.25) is 5.91 Å². The molecule has 2 aliphatic heterocycles. The van der Waals surface area contributed by atoms with Crippen molar-refractivity contribution >= 4 is 46.6 Å². The van der Waals surface area contributed by atoms with Crippen molar-refractivity contribution in [2.75, 3.05) is 69.0 Å². The molecule has 9 nitrogen and oxygen atoms in total. The van der Waals surface area contributed by atoms with Crippen LogP contribution in [0.5, 0.6) is 5.75 Å². The monoisotopic (exact) mass is 564 g/mol. The van der Waals surface area contributed by atoms with Crippen LogP contribution in [0.1, 0.15) is 24.8 Å². The molecule has 0 unspecified atom stereocenters. The van der Waals surface area contributed by atoms with Crippen LogP contribution in [0.3, 0.4) is 0 Å². The summed E-state index contributed by atoms with van der Waals surface area (Å²) in [5.41, 5.74) is 2.70. The quantitative estimate of drug-likeness (QED) is 0.399. The number of ether oxygens (including phenoxy) is 2. The summed E-state index contributed by atoms with van der Waals surface area (Å²) in [4.78, 5) is 30.4. The minimum atomic E-state index is -0.680. The van der Waals surface area contributed by atoms with Crippen molar-refractivity contribution in [1.29, 1.82) is 0 Å². The highest BCUT2D eigenvalue weighted by Crippen LogP contribution is 2.33. The average Bonchev–Trinajstić information content (AvgIpc) is 2.93. The van der Waals surface area contributed by atoms with Gasteiger partial charge in [-0.3, -0.25) is 14.6 Å². The van der Waals surface area contributed by atoms with Gasteiger partial charge >= 0.3 is 6.09 Å². The summed E-state index contributed by atoms with van der Waals surface area (Å²) >= 11 is 12.5. The Bertz CT molecular complexity index is 1110. The van der Waals surface area contributed by atoms with Gasteiger partial charge in [0.25, 0.3) is 0 Å². The van der Waals surface area contributed by atoms with Crippen LogP contribution >= 0.6 is 23.2 Å². The van der Waals surface area contributed by atoms with Gasteiger partial charge in [-0.05, 0) is 49.6 Å². The molecule has 0 radical (unpaired) electrons. The predicted molar refractivity (Wildman–Crippen MR) is 149 cm³/mol. The summed E-state index contributed by atoms with van der Waals surface area (Å²) in [5.74, 6) is 0.572. The Labute approximate surface area is 233 Å². The van der Waals surface area contributed by atoms with E-state index in [0.717, 1.165) is 56.8 Å². The fourth-order valence-electron chi connectivity index (χ4n) is 4.66. The lowest BCUT2D eigenvalue weighted by atomic mass is 10.0. The van der Waals surface area contributed by atoms with Crippen LogP contribution in [0.4, 0.5) is 16.2 Å². The molecule has 2 amide bonds. The molecule has 0 atom stereocenters. The van der Waals surface area contributed by atoms with Gasteiger partial charge in [-0.2, -0.15) is 0 Å². The second kappa shape index (κ2) is 13.9. The van der Waals surface area contributed by atoms with E-state index in [1.54, 1.807) is 0 Å². The van der Waals surface area contributed by atoms with Crippen molar-refractivity contribution in [3.8, 4) is 5.75 Å². The lowest BCUT2D eigenvalue weighted by molar-refractivity contribution is -0.119. The van der Waals surface area contributed by atoms with Gasteiger partial charge in [-0.1, -0.05) is 35.3 Å². The van der Waals surface area contributed by atoms with Gasteiger partial charge in [0, 0.05) is 45.2 Å². The van der Waals surface area contributed by atoms with Crippen molar-refractivity contribution in [3.05, 3.63) is 52.0 Å². The number of hydrogen-bond acceptors (Lipinski definition) is 7. The second-order valence-electron chi connectivity index (χ2n) is 9.28. The van der Waals surface area contributed by atoms with Crippen LogP contribution in [-0.4, -0.2) is 81.2 Å². The maximum Gasteiger partial charge on any atom is 0.408 e. The third kappa shape index (κ3) is 7.44. The molecule has 2 heterocycles. The zero-order valence-corrected chi connectivity index (χ0v) is 22.8. The fourth-order valence-corrected chi connectivity index (χ4v) is 5.07. The smallest absolute Gasteiger partial charge is 0.408 e. The highest BCUT2D eigenvalue weighted by Gasteiger charge is 2.26. The van der Waals surface area contributed by atoms with Gasteiger partial charge < -0.3 is 24.8 Å². The number of fused-ring (bicyclic) bond motifs is 1. The van der Waals surface area contributed by atoms with Crippen molar-refractivity contribution < 1.29 is 24.2 Å². The molecule has 1 fully saturated rings. The Morgan fingerprint density at radius 3 is 2.63 bits per heavy atom. The van der Waals surface area contributed by atoms with Crippen LogP contribution in [0.25, 0.3) is 0 Å². The topological polar surface area (TPSA) is 94.6 Å². The van der Waals surface area contributed by atoms with E-state index in [1.165, 1.54) is 4.90 Å². The van der Waals surface area contributed by atoms with E-state index >= 15 is 0 Å². The first-order chi connectivity index (χ1) is 18.5. The van der Waals surface area contributed by atoms with Crippen LogP contribution < -0.4 is 19.9 Å². The molecule has 0 aromatic heterocycles. The number of nitrogens with zero attached hydrogens (tertiary/aromatic N) is 3. The number of alkyl carbamates (subject to hydrolysis) is 1. The van der Waals surface area contributed by atoms with Crippen LogP contribution in [-0.2, 0) is 16.0 Å². The molecular weight excluding hydrogens is 531 g/mol. The minimum absolute atomic E-state index is 0.0927. The largest absolute Gasteiger partial charge is 0.494 e. The number of aryl methyl sites for hydroxylation is 1. The van der Waals surface area contributed by atoms with Crippen LogP contribution in [0, 0.1) is 0 Å². The van der Waals surface area contributed by atoms with Crippen molar-refractivity contribution in [2.45, 2.75) is 25.7 Å². The Morgan fingerprint density at radius 1 is 1.03 bits per heavy atom. The maximum absolute atomic E-state index is 12.5. The summed E-state index contributed by atoms with van der Waals surface area (Å²) in [6.07, 6.45) is 2.24. The number of aliphatic hydroxyl groups is 1. The summed E-state index contributed by atoms with van der Waals surface area (Å²) in [5, 5.41) is 12.4. The molecule has 1 saturated heterocycles. The number of amides is 2. The van der Waals surface area contributed by atoms with E-state index < -0.39 is 6.09 Å². The molecule has 11 heteroatoms. The zero-order chi connectivity index (χ0) is 26.9. The maximum atomic E-state index is 12.5. The highest BCUT2D eigenvalue weighted by atomic mass is 35.5. The van der Waals surface area contributed by atoms with Crippen molar-refractivity contribution in [1.82, 2.24) is 10.2 Å². The molecule has 4 rings (SSSR count). The SMILES string of the molecule is O=C(NCCO)OCN1C(=O)CCc2ccc(OCCCCN3CCN(c4cccc(Cl)c4Cl)CC3)cc21. The van der Waals surface area contributed by atoms with E-state index in [1.807, 2.05) is 36.4 Å². The summed E-state index contributed by atoms with van der Waals surface area (Å²) in [6.45, 7) is 5.06. The highest BCUT2D eigenvalue weighted by molar-refractivity contribution is 6.43. The standard InChI is InChI=1S/C27H34Cl2N4O5/c28-22-4-3-5-23(26(22)29)32-14-12-31(13-15-32)11-1-2-17-37-21-8-6-20-7-9-25(35)33(24(20)18-21)19-38-27(36)30-10-16-34/h3-6,8,18,34H,1-2,7,9-17,19H2,(H,30,36). The second-order valence-corrected chi connectivity index (χ2v) is 10.1. The van der Waals surface area contributed by atoms with E-state index in [2.05, 4.69) is 15.1 Å². The Balaban J connectivity index is 1.19. The Morgan fingerprint density at radius 2 is 1.84 bits per heavy atom. The van der Waals surface area contributed by atoms with Crippen LogP contribution in [0.2, 0.25) is 10.0 Å². The van der Waals surface area contributed by atoms with Crippen LogP contribution in [0.15, 0.2) is 36.4 Å². The third-order valence-corrected chi connectivity index (χ3v) is 7.55. The number of aliphatic hydroxyl groups excluding tert-OH is 1. The zero-order valence-electron chi connectivity index (χ0n) is 21.3. The average molecular weight is 565 g/mol. The van der Waals surface area contributed by atoms with E-state index in [9.17, 15) is 9.59 Å². The van der Waals surface area contributed by atoms with Gasteiger partial charge in [-0.15, -0.1) is 0 Å². The molecule has 38 heavy (non-hydrogen) atoms. The first-order valence-corrected chi connectivity index (χ1v) is 13.7. The summed E-state index contributed by atoms with van der Waals surface area (Å²) < 4.78 is 11.1. The summed E-state index contributed by atoms with van der Waals surface area (Å²) in [6, 6.07) is 11.5. The number of unbranched alkanes of at least 4 members (excludes halogenated alkanes) is 1. The first kappa shape index (κ1) is 28.3. The van der Waals surface area contributed by atoms with E-state index in [-0.39, 0.29) is 25.8 Å². The number of piperazine rings is 1. The van der Waals surface area contributed by atoms with Crippen molar-refractivity contribution in [3.63, 3.8) is 0 Å². The number of hydrogen-bond donors (Lipinski definition) is 2. The van der Waals surface area contributed by atoms with Gasteiger partial charge in [0.1, 0.15) is 5.75 Å². The lowest BCUT2D eigenvalue weighted by Crippen LogP contribution is -2.46. The number of nitrogens with one attached hydrogen (secondary N) is 1. The normalized spacial score (nSPS) is 15.8. The molecule has 2 N–H and O–H groups in total. The van der Waals surface area contributed by atoms with Gasteiger partial charge in [-0.25, -0.2) is 4.79 Å². The summed E-state index contributed by atoms with van der Waals surface area (Å²) in [7, 11) is 0. The van der Waals surface area contributed by atoms with E-state index in [0.29, 0.717) is 40.9 Å². The molecular formula is C27H34Cl2N4O5. The predicted octanol–water partition coefficient (Wildman–Crippen LogP) is 3.93. The molecule has 2 aromatic rings. The van der Waals surface area contributed by atoms with Gasteiger partial charge in [0.15, 0.2) is 6.73 Å². The molecule has 0 aliphatic carbocycles. The molecule has 0 saturated carbocycles. The molecule has 0 spiro atoms. The Kier molecular flexibility index (Phi) is 10.3. The number of rotatable bonds is 11. The fraction of sp³-hybridized carbons (Fsp3) is 0.481. The lowest BCUT2D eigenvalue weighted by Gasteiger charge is -2.36. The third-order valence-electron chi connectivity index (χ3n) is 6.74. The molecule has 206 valence electrons. The number of carbonyl (C=O) groups is 2. The number of anilines is 2. The van der Waals surface area contributed by atoms with Gasteiger partial charge in [0.05, 0.1) is 34.6 Å². The number of benzene rings is 2.